The van der Waals surface area contributed by atoms with E-state index in [-0.39, 0.29) is 0 Å². The summed E-state index contributed by atoms with van der Waals surface area (Å²) in [5, 5.41) is 1.19. The first-order valence-electron chi connectivity index (χ1n) is 4.79. The molecule has 0 aliphatic carbocycles. The van der Waals surface area contributed by atoms with Crippen LogP contribution < -0.4 is 0 Å². The first kappa shape index (κ1) is 9.28. The molecule has 1 heterocycles. The Balaban J connectivity index is 2.41. The number of benzene rings is 1. The second-order valence-electron chi connectivity index (χ2n) is 3.99. The summed E-state index contributed by atoms with van der Waals surface area (Å²) in [6.45, 7) is 2.93. The molecule has 0 aliphatic rings. The van der Waals surface area contributed by atoms with Crippen LogP contribution in [0.4, 0.5) is 0 Å². The van der Waals surface area contributed by atoms with E-state index in [4.69, 9.17) is 4.42 Å². The van der Waals surface area contributed by atoms with Gasteiger partial charge in [-0.1, -0.05) is 12.1 Å². The predicted molar refractivity (Wildman–Crippen MR) is 58.3 cm³/mol. The number of nitrogens with zero attached hydrogens (tertiary/aromatic N) is 1. The number of aryl methyl sites for hydroxylation is 1. The molecule has 0 bridgehead atoms. The maximum Gasteiger partial charge on any atom is 0.134 e. The van der Waals surface area contributed by atoms with Crippen molar-refractivity contribution < 1.29 is 4.42 Å². The summed E-state index contributed by atoms with van der Waals surface area (Å²) < 4.78 is 5.72. The van der Waals surface area contributed by atoms with Gasteiger partial charge >= 0.3 is 0 Å². The molecule has 0 radical (unpaired) electrons. The zero-order valence-electron chi connectivity index (χ0n) is 8.87. The average Bonchev–Trinajstić information content (AvgIpc) is 2.44. The maximum atomic E-state index is 5.72. The van der Waals surface area contributed by atoms with Crippen molar-refractivity contribution in [2.45, 2.75) is 13.5 Å². The van der Waals surface area contributed by atoms with Gasteiger partial charge in [0.1, 0.15) is 11.3 Å². The van der Waals surface area contributed by atoms with Gasteiger partial charge in [-0.25, -0.2) is 0 Å². The van der Waals surface area contributed by atoms with Crippen molar-refractivity contribution in [2.75, 3.05) is 14.1 Å². The Morgan fingerprint density at radius 2 is 2.00 bits per heavy atom. The smallest absolute Gasteiger partial charge is 0.134 e. The minimum atomic E-state index is 0.855. The fourth-order valence-corrected chi connectivity index (χ4v) is 1.58. The molecule has 14 heavy (non-hydrogen) atoms. The van der Waals surface area contributed by atoms with Crippen LogP contribution in [0.25, 0.3) is 11.0 Å². The highest BCUT2D eigenvalue weighted by atomic mass is 16.3. The van der Waals surface area contributed by atoms with Crippen molar-refractivity contribution in [1.29, 1.82) is 0 Å². The zero-order chi connectivity index (χ0) is 10.1. The second kappa shape index (κ2) is 3.46. The standard InChI is InChI=1S/C12H15NO/c1-9-4-5-10-7-11(8-13(2)3)14-12(10)6-9/h4-7H,8H2,1-3H3. The quantitative estimate of drug-likeness (QED) is 0.722. The van der Waals surface area contributed by atoms with Gasteiger partial charge in [0.2, 0.25) is 0 Å². The van der Waals surface area contributed by atoms with Gasteiger partial charge in [-0.3, -0.25) is 0 Å². The van der Waals surface area contributed by atoms with E-state index in [0.29, 0.717) is 0 Å². The van der Waals surface area contributed by atoms with Crippen LogP contribution in [0.5, 0.6) is 0 Å². The molecule has 0 atom stereocenters. The number of hydrogen-bond acceptors (Lipinski definition) is 2. The van der Waals surface area contributed by atoms with Crippen molar-refractivity contribution in [2.24, 2.45) is 0 Å². The molecule has 0 spiro atoms. The lowest BCUT2D eigenvalue weighted by atomic mass is 10.2. The molecular weight excluding hydrogens is 174 g/mol. The Morgan fingerprint density at radius 3 is 2.71 bits per heavy atom. The second-order valence-corrected chi connectivity index (χ2v) is 3.99. The van der Waals surface area contributed by atoms with Crippen LogP contribution in [0.2, 0.25) is 0 Å². The lowest BCUT2D eigenvalue weighted by Gasteiger charge is -2.04. The molecule has 2 nitrogen and oxygen atoms in total. The minimum absolute atomic E-state index is 0.855. The van der Waals surface area contributed by atoms with Crippen molar-refractivity contribution in [1.82, 2.24) is 4.90 Å². The molecule has 1 aromatic carbocycles. The Morgan fingerprint density at radius 1 is 1.21 bits per heavy atom. The van der Waals surface area contributed by atoms with Crippen LogP contribution in [-0.4, -0.2) is 19.0 Å². The van der Waals surface area contributed by atoms with Crippen molar-refractivity contribution >= 4 is 11.0 Å². The summed E-state index contributed by atoms with van der Waals surface area (Å²) >= 11 is 0. The third kappa shape index (κ3) is 1.80. The largest absolute Gasteiger partial charge is 0.460 e. The minimum Gasteiger partial charge on any atom is -0.460 e. The molecule has 74 valence electrons. The molecule has 0 fully saturated rings. The fraction of sp³-hybridized carbons (Fsp3) is 0.333. The van der Waals surface area contributed by atoms with E-state index < -0.39 is 0 Å². The van der Waals surface area contributed by atoms with Crippen molar-refractivity contribution in [3.8, 4) is 0 Å². The topological polar surface area (TPSA) is 16.4 Å². The van der Waals surface area contributed by atoms with Crippen LogP contribution >= 0.6 is 0 Å². The van der Waals surface area contributed by atoms with Crippen LogP contribution in [0.1, 0.15) is 11.3 Å². The van der Waals surface area contributed by atoms with Gasteiger partial charge in [-0.15, -0.1) is 0 Å². The highest BCUT2D eigenvalue weighted by molar-refractivity contribution is 5.78. The molecule has 0 aliphatic heterocycles. The van der Waals surface area contributed by atoms with E-state index in [1.165, 1.54) is 10.9 Å². The summed E-state index contributed by atoms with van der Waals surface area (Å²) in [5.41, 5.74) is 2.23. The normalized spacial score (nSPS) is 11.4. The van der Waals surface area contributed by atoms with Gasteiger partial charge < -0.3 is 9.32 Å². The maximum absolute atomic E-state index is 5.72. The summed E-state index contributed by atoms with van der Waals surface area (Å²) in [6, 6.07) is 8.40. The van der Waals surface area contributed by atoms with E-state index in [1.54, 1.807) is 0 Å². The Labute approximate surface area is 84.1 Å². The van der Waals surface area contributed by atoms with Gasteiger partial charge in [0.05, 0.1) is 6.54 Å². The third-order valence-corrected chi connectivity index (χ3v) is 2.20. The van der Waals surface area contributed by atoms with E-state index >= 15 is 0 Å². The molecule has 1 aromatic heterocycles. The van der Waals surface area contributed by atoms with E-state index in [9.17, 15) is 0 Å². The SMILES string of the molecule is Cc1ccc2cc(CN(C)C)oc2c1. The number of hydrogen-bond donors (Lipinski definition) is 0. The first-order chi connectivity index (χ1) is 6.65. The molecule has 2 aromatic rings. The average molecular weight is 189 g/mol. The summed E-state index contributed by atoms with van der Waals surface area (Å²) in [7, 11) is 4.08. The van der Waals surface area contributed by atoms with Gasteiger partial charge in [-0.2, -0.15) is 0 Å². The Bertz CT molecular complexity index is 443. The summed E-state index contributed by atoms with van der Waals surface area (Å²) in [6.07, 6.45) is 0. The molecule has 0 saturated heterocycles. The zero-order valence-corrected chi connectivity index (χ0v) is 8.87. The highest BCUT2D eigenvalue weighted by Gasteiger charge is 2.04. The van der Waals surface area contributed by atoms with Crippen LogP contribution in [0, 0.1) is 6.92 Å². The van der Waals surface area contributed by atoms with E-state index in [0.717, 1.165) is 17.9 Å². The summed E-state index contributed by atoms with van der Waals surface area (Å²) in [4.78, 5) is 2.10. The number of fused-ring (bicyclic) bond motifs is 1. The van der Waals surface area contributed by atoms with Gasteiger partial charge in [-0.05, 0) is 38.7 Å². The predicted octanol–water partition coefficient (Wildman–Crippen LogP) is 2.80. The van der Waals surface area contributed by atoms with Crippen LogP contribution in [-0.2, 0) is 6.54 Å². The lowest BCUT2D eigenvalue weighted by Crippen LogP contribution is -2.09. The van der Waals surface area contributed by atoms with Crippen LogP contribution in [0.3, 0.4) is 0 Å². The molecule has 0 saturated carbocycles. The molecule has 2 heteroatoms. The fourth-order valence-electron chi connectivity index (χ4n) is 1.58. The highest BCUT2D eigenvalue weighted by Crippen LogP contribution is 2.20. The first-order valence-corrected chi connectivity index (χ1v) is 4.79. The molecule has 0 N–H and O–H groups in total. The molecule has 0 amide bonds. The van der Waals surface area contributed by atoms with Crippen LogP contribution in [0.15, 0.2) is 28.7 Å². The lowest BCUT2D eigenvalue weighted by molar-refractivity contribution is 0.358. The Kier molecular flexibility index (Phi) is 2.30. The van der Waals surface area contributed by atoms with Crippen molar-refractivity contribution in [3.05, 3.63) is 35.6 Å². The third-order valence-electron chi connectivity index (χ3n) is 2.20. The van der Waals surface area contributed by atoms with E-state index in [2.05, 4.69) is 36.1 Å². The van der Waals surface area contributed by atoms with E-state index in [1.807, 2.05) is 14.1 Å². The summed E-state index contributed by atoms with van der Waals surface area (Å²) in [5.74, 6) is 1.02. The number of rotatable bonds is 2. The van der Waals surface area contributed by atoms with Crippen molar-refractivity contribution in [3.63, 3.8) is 0 Å². The van der Waals surface area contributed by atoms with Gasteiger partial charge in [0.15, 0.2) is 0 Å². The molecule has 0 unspecified atom stereocenters. The molecular formula is C12H15NO. The van der Waals surface area contributed by atoms with Gasteiger partial charge in [0, 0.05) is 5.39 Å². The Hall–Kier alpha value is -1.28. The number of furan rings is 1. The monoisotopic (exact) mass is 189 g/mol. The van der Waals surface area contributed by atoms with Gasteiger partial charge in [0.25, 0.3) is 0 Å². The molecule has 2 rings (SSSR count).